The zero-order valence-corrected chi connectivity index (χ0v) is 6.53. The number of aromatic nitrogens is 2. The number of nitrogens with zero attached hydrogens (tertiary/aromatic N) is 2. The Morgan fingerprint density at radius 1 is 1.82 bits per heavy atom. The van der Waals surface area contributed by atoms with Crippen molar-refractivity contribution >= 4 is 5.97 Å². The van der Waals surface area contributed by atoms with E-state index in [1.807, 2.05) is 6.92 Å². The molecule has 1 aromatic rings. The Balaban J connectivity index is 3.15. The van der Waals surface area contributed by atoms with E-state index in [1.54, 1.807) is 11.6 Å². The molecule has 0 aromatic carbocycles. The van der Waals surface area contributed by atoms with Crippen LogP contribution in [0.5, 0.6) is 0 Å². The first-order chi connectivity index (χ1) is 5.16. The van der Waals surface area contributed by atoms with Crippen LogP contribution in [0.4, 0.5) is 0 Å². The number of carboxylic acids is 1. The topological polar surface area (TPSA) is 55.1 Å². The van der Waals surface area contributed by atoms with E-state index in [0.717, 1.165) is 5.69 Å². The van der Waals surface area contributed by atoms with E-state index in [9.17, 15) is 4.79 Å². The molecular formula is C7H10N2O2. The molecule has 4 heteroatoms. The standard InChI is InChI=1S/C7H10N2O2/c1-3-5-6(7(10)11)8-4-9(5)2/h4H,3H2,1-2H3,(H,10,11). The molecule has 0 aliphatic carbocycles. The molecule has 0 amide bonds. The van der Waals surface area contributed by atoms with Gasteiger partial charge in [0.15, 0.2) is 5.69 Å². The Morgan fingerprint density at radius 3 is 2.82 bits per heavy atom. The second kappa shape index (κ2) is 2.74. The van der Waals surface area contributed by atoms with Gasteiger partial charge in [0.1, 0.15) is 0 Å². The summed E-state index contributed by atoms with van der Waals surface area (Å²) in [4.78, 5) is 14.3. The minimum absolute atomic E-state index is 0.162. The molecule has 4 nitrogen and oxygen atoms in total. The van der Waals surface area contributed by atoms with Crippen molar-refractivity contribution in [2.24, 2.45) is 7.05 Å². The summed E-state index contributed by atoms with van der Waals surface area (Å²) >= 11 is 0. The summed E-state index contributed by atoms with van der Waals surface area (Å²) in [5.74, 6) is -0.956. The van der Waals surface area contributed by atoms with Gasteiger partial charge in [-0.25, -0.2) is 9.78 Å². The molecule has 0 fully saturated rings. The molecule has 0 aliphatic heterocycles. The zero-order chi connectivity index (χ0) is 8.43. The van der Waals surface area contributed by atoms with Crippen molar-refractivity contribution in [1.29, 1.82) is 0 Å². The first kappa shape index (κ1) is 7.78. The average molecular weight is 154 g/mol. The third-order valence-electron chi connectivity index (χ3n) is 1.60. The van der Waals surface area contributed by atoms with Crippen LogP contribution in [-0.4, -0.2) is 20.6 Å². The number of carbonyl (C=O) groups is 1. The van der Waals surface area contributed by atoms with Gasteiger partial charge in [-0.15, -0.1) is 0 Å². The minimum atomic E-state index is -0.956. The van der Waals surface area contributed by atoms with Gasteiger partial charge in [0, 0.05) is 7.05 Å². The average Bonchev–Trinajstić information content (AvgIpc) is 2.30. The van der Waals surface area contributed by atoms with Crippen molar-refractivity contribution in [2.75, 3.05) is 0 Å². The van der Waals surface area contributed by atoms with Crippen molar-refractivity contribution in [2.45, 2.75) is 13.3 Å². The zero-order valence-electron chi connectivity index (χ0n) is 6.53. The maximum Gasteiger partial charge on any atom is 0.356 e. The fourth-order valence-electron chi connectivity index (χ4n) is 1.05. The first-order valence-corrected chi connectivity index (χ1v) is 3.40. The van der Waals surface area contributed by atoms with E-state index in [2.05, 4.69) is 4.98 Å². The number of rotatable bonds is 2. The van der Waals surface area contributed by atoms with Crippen molar-refractivity contribution < 1.29 is 9.90 Å². The molecule has 0 aliphatic rings. The highest BCUT2D eigenvalue weighted by molar-refractivity contribution is 5.86. The van der Waals surface area contributed by atoms with E-state index in [0.29, 0.717) is 6.42 Å². The van der Waals surface area contributed by atoms with E-state index in [4.69, 9.17) is 5.11 Å². The normalized spacial score (nSPS) is 10.0. The summed E-state index contributed by atoms with van der Waals surface area (Å²) in [6.45, 7) is 1.91. The molecule has 0 bridgehead atoms. The predicted octanol–water partition coefficient (Wildman–Crippen LogP) is 0.681. The van der Waals surface area contributed by atoms with E-state index in [-0.39, 0.29) is 5.69 Å². The molecule has 0 radical (unpaired) electrons. The molecule has 0 spiro atoms. The van der Waals surface area contributed by atoms with Crippen LogP contribution in [-0.2, 0) is 13.5 Å². The molecule has 11 heavy (non-hydrogen) atoms. The number of hydrogen-bond acceptors (Lipinski definition) is 2. The second-order valence-electron chi connectivity index (χ2n) is 2.31. The van der Waals surface area contributed by atoms with Gasteiger partial charge in [0.25, 0.3) is 0 Å². The van der Waals surface area contributed by atoms with Gasteiger partial charge in [0.05, 0.1) is 12.0 Å². The number of imidazole rings is 1. The van der Waals surface area contributed by atoms with Gasteiger partial charge in [-0.1, -0.05) is 6.92 Å². The molecule has 60 valence electrons. The SMILES string of the molecule is CCc1c(C(=O)O)ncn1C. The number of carboxylic acid groups (broad SMARTS) is 1. The van der Waals surface area contributed by atoms with Gasteiger partial charge in [-0.2, -0.15) is 0 Å². The summed E-state index contributed by atoms with van der Waals surface area (Å²) in [7, 11) is 1.79. The van der Waals surface area contributed by atoms with Crippen LogP contribution in [0.2, 0.25) is 0 Å². The van der Waals surface area contributed by atoms with Gasteiger partial charge in [-0.3, -0.25) is 0 Å². The first-order valence-electron chi connectivity index (χ1n) is 3.40. The van der Waals surface area contributed by atoms with E-state index in [1.165, 1.54) is 6.33 Å². The van der Waals surface area contributed by atoms with Crippen LogP contribution in [0.1, 0.15) is 23.1 Å². The molecule has 0 saturated carbocycles. The summed E-state index contributed by atoms with van der Waals surface area (Å²) in [5, 5.41) is 8.63. The third-order valence-corrected chi connectivity index (χ3v) is 1.60. The Bertz CT molecular complexity index is 278. The maximum atomic E-state index is 10.5. The monoisotopic (exact) mass is 154 g/mol. The maximum absolute atomic E-state index is 10.5. The highest BCUT2D eigenvalue weighted by Crippen LogP contribution is 2.05. The number of aromatic carboxylic acids is 1. The molecule has 1 heterocycles. The lowest BCUT2D eigenvalue weighted by atomic mass is 10.2. The molecule has 1 aromatic heterocycles. The lowest BCUT2D eigenvalue weighted by Gasteiger charge is -1.97. The van der Waals surface area contributed by atoms with Crippen molar-refractivity contribution in [1.82, 2.24) is 9.55 Å². The molecular weight excluding hydrogens is 144 g/mol. The van der Waals surface area contributed by atoms with Gasteiger partial charge in [-0.05, 0) is 6.42 Å². The Labute approximate surface area is 64.5 Å². The van der Waals surface area contributed by atoms with Crippen LogP contribution in [0.25, 0.3) is 0 Å². The fourth-order valence-corrected chi connectivity index (χ4v) is 1.05. The third kappa shape index (κ3) is 1.24. The molecule has 0 atom stereocenters. The smallest absolute Gasteiger partial charge is 0.356 e. The van der Waals surface area contributed by atoms with E-state index < -0.39 is 5.97 Å². The fraction of sp³-hybridized carbons (Fsp3) is 0.429. The lowest BCUT2D eigenvalue weighted by molar-refractivity contribution is 0.0689. The Kier molecular flexibility index (Phi) is 1.94. The Hall–Kier alpha value is -1.32. The molecule has 1 rings (SSSR count). The minimum Gasteiger partial charge on any atom is -0.476 e. The molecule has 0 saturated heterocycles. The highest BCUT2D eigenvalue weighted by atomic mass is 16.4. The lowest BCUT2D eigenvalue weighted by Crippen LogP contribution is -2.03. The van der Waals surface area contributed by atoms with Crippen LogP contribution in [0.3, 0.4) is 0 Å². The second-order valence-corrected chi connectivity index (χ2v) is 2.31. The quantitative estimate of drug-likeness (QED) is 0.681. The van der Waals surface area contributed by atoms with Crippen LogP contribution in [0.15, 0.2) is 6.33 Å². The van der Waals surface area contributed by atoms with E-state index >= 15 is 0 Å². The van der Waals surface area contributed by atoms with Gasteiger partial charge >= 0.3 is 5.97 Å². The van der Waals surface area contributed by atoms with Crippen molar-refractivity contribution in [3.05, 3.63) is 17.7 Å². The molecule has 1 N–H and O–H groups in total. The molecule has 0 unspecified atom stereocenters. The summed E-state index contributed by atoms with van der Waals surface area (Å²) in [6.07, 6.45) is 2.21. The van der Waals surface area contributed by atoms with Crippen molar-refractivity contribution in [3.8, 4) is 0 Å². The van der Waals surface area contributed by atoms with Crippen LogP contribution < -0.4 is 0 Å². The summed E-state index contributed by atoms with van der Waals surface area (Å²) < 4.78 is 1.73. The Morgan fingerprint density at radius 2 is 2.45 bits per heavy atom. The number of aryl methyl sites for hydroxylation is 1. The predicted molar refractivity (Wildman–Crippen MR) is 39.5 cm³/mol. The van der Waals surface area contributed by atoms with Crippen LogP contribution in [0, 0.1) is 0 Å². The highest BCUT2D eigenvalue weighted by Gasteiger charge is 2.12. The van der Waals surface area contributed by atoms with Gasteiger partial charge in [0.2, 0.25) is 0 Å². The number of hydrogen-bond donors (Lipinski definition) is 1. The largest absolute Gasteiger partial charge is 0.476 e. The van der Waals surface area contributed by atoms with Crippen molar-refractivity contribution in [3.63, 3.8) is 0 Å². The summed E-state index contributed by atoms with van der Waals surface area (Å²) in [6, 6.07) is 0. The van der Waals surface area contributed by atoms with Crippen LogP contribution >= 0.6 is 0 Å². The van der Waals surface area contributed by atoms with Gasteiger partial charge < -0.3 is 9.67 Å². The summed E-state index contributed by atoms with van der Waals surface area (Å²) in [5.41, 5.74) is 0.924.